The highest BCUT2D eigenvalue weighted by molar-refractivity contribution is 6.30. The number of piperazine rings is 1. The highest BCUT2D eigenvalue weighted by Crippen LogP contribution is 2.24. The van der Waals surface area contributed by atoms with Crippen molar-refractivity contribution < 1.29 is 9.84 Å². The summed E-state index contributed by atoms with van der Waals surface area (Å²) in [5.74, 6) is 1.33. The number of hydrogen-bond donors (Lipinski definition) is 1. The van der Waals surface area contributed by atoms with Crippen LogP contribution in [0.15, 0.2) is 42.5 Å². The molecule has 7 heteroatoms. The predicted octanol–water partition coefficient (Wildman–Crippen LogP) is 5.18. The Labute approximate surface area is 198 Å². The van der Waals surface area contributed by atoms with Crippen molar-refractivity contribution in [3.8, 4) is 5.75 Å². The normalized spacial score (nSPS) is 15.3. The predicted molar refractivity (Wildman–Crippen MR) is 131 cm³/mol. The minimum Gasteiger partial charge on any atom is -0.491 e. The second kappa shape index (κ2) is 12.6. The van der Waals surface area contributed by atoms with E-state index in [-0.39, 0.29) is 24.8 Å². The molecule has 1 N–H and O–H groups in total. The zero-order valence-electron chi connectivity index (χ0n) is 17.9. The van der Waals surface area contributed by atoms with Crippen LogP contribution in [0.4, 0.5) is 5.69 Å². The van der Waals surface area contributed by atoms with Gasteiger partial charge in [-0.2, -0.15) is 0 Å². The first-order valence-electron chi connectivity index (χ1n) is 10.1. The van der Waals surface area contributed by atoms with Crippen LogP contribution >= 0.6 is 36.4 Å². The number of aliphatic hydroxyl groups excluding tert-OH is 1. The number of anilines is 1. The minimum atomic E-state index is -0.497. The highest BCUT2D eigenvalue weighted by atomic mass is 35.5. The van der Waals surface area contributed by atoms with Crippen molar-refractivity contribution in [3.63, 3.8) is 0 Å². The van der Waals surface area contributed by atoms with Gasteiger partial charge in [-0.05, 0) is 54.3 Å². The van der Waals surface area contributed by atoms with E-state index in [1.165, 1.54) is 11.1 Å². The monoisotopic (exact) mass is 474 g/mol. The summed E-state index contributed by atoms with van der Waals surface area (Å²) in [6.45, 7) is 11.2. The topological polar surface area (TPSA) is 35.9 Å². The molecule has 0 radical (unpaired) electrons. The molecule has 0 aromatic heterocycles. The first-order chi connectivity index (χ1) is 13.4. The molecule has 2 aromatic rings. The van der Waals surface area contributed by atoms with Crippen LogP contribution in [0.25, 0.3) is 0 Å². The molecule has 0 bridgehead atoms. The molecule has 1 fully saturated rings. The average Bonchev–Trinajstić information content (AvgIpc) is 2.67. The zero-order valence-corrected chi connectivity index (χ0v) is 20.3. The summed E-state index contributed by atoms with van der Waals surface area (Å²) in [5, 5.41) is 11.2. The number of aryl methyl sites for hydroxylation is 1. The van der Waals surface area contributed by atoms with Gasteiger partial charge in [0.25, 0.3) is 0 Å². The lowest BCUT2D eigenvalue weighted by Gasteiger charge is -2.36. The molecule has 2 aromatic carbocycles. The van der Waals surface area contributed by atoms with Crippen LogP contribution < -0.4 is 9.64 Å². The minimum absolute atomic E-state index is 0. The molecule has 1 aliphatic heterocycles. The van der Waals surface area contributed by atoms with Crippen molar-refractivity contribution in [1.82, 2.24) is 4.90 Å². The summed E-state index contributed by atoms with van der Waals surface area (Å²) in [7, 11) is 0. The van der Waals surface area contributed by atoms with E-state index in [1.54, 1.807) is 0 Å². The molecule has 0 saturated carbocycles. The fourth-order valence-electron chi connectivity index (χ4n) is 3.79. The number of rotatable bonds is 7. The largest absolute Gasteiger partial charge is 0.491 e. The molecule has 1 heterocycles. The molecule has 0 spiro atoms. The van der Waals surface area contributed by atoms with Gasteiger partial charge in [-0.1, -0.05) is 37.6 Å². The van der Waals surface area contributed by atoms with Gasteiger partial charge in [-0.15, -0.1) is 24.8 Å². The van der Waals surface area contributed by atoms with Gasteiger partial charge in [0, 0.05) is 43.4 Å². The maximum atomic E-state index is 10.4. The van der Waals surface area contributed by atoms with Crippen LogP contribution in [0.1, 0.15) is 30.9 Å². The van der Waals surface area contributed by atoms with E-state index in [9.17, 15) is 5.11 Å². The molecular weight excluding hydrogens is 443 g/mol. The molecule has 1 atom stereocenters. The Morgan fingerprint density at radius 1 is 1.03 bits per heavy atom. The van der Waals surface area contributed by atoms with Crippen molar-refractivity contribution in [2.24, 2.45) is 0 Å². The van der Waals surface area contributed by atoms with Gasteiger partial charge >= 0.3 is 0 Å². The summed E-state index contributed by atoms with van der Waals surface area (Å²) in [4.78, 5) is 4.63. The Kier molecular flexibility index (Phi) is 11.3. The van der Waals surface area contributed by atoms with E-state index >= 15 is 0 Å². The van der Waals surface area contributed by atoms with Crippen LogP contribution in [0.5, 0.6) is 5.75 Å². The molecule has 0 amide bonds. The second-order valence-electron chi connectivity index (χ2n) is 7.91. The zero-order chi connectivity index (χ0) is 20.1. The van der Waals surface area contributed by atoms with Gasteiger partial charge in [-0.3, -0.25) is 4.90 Å². The molecule has 0 aliphatic carbocycles. The second-order valence-corrected chi connectivity index (χ2v) is 8.34. The molecule has 1 aliphatic rings. The third-order valence-electron chi connectivity index (χ3n) is 5.32. The van der Waals surface area contributed by atoms with Gasteiger partial charge in [0.2, 0.25) is 0 Å². The van der Waals surface area contributed by atoms with Crippen molar-refractivity contribution in [2.45, 2.75) is 32.8 Å². The molecule has 168 valence electrons. The Morgan fingerprint density at radius 2 is 1.73 bits per heavy atom. The third-order valence-corrected chi connectivity index (χ3v) is 5.56. The van der Waals surface area contributed by atoms with Crippen LogP contribution in [0, 0.1) is 6.92 Å². The molecule has 3 rings (SSSR count). The summed E-state index contributed by atoms with van der Waals surface area (Å²) in [5.41, 5.74) is 3.74. The van der Waals surface area contributed by atoms with Crippen molar-refractivity contribution in [1.29, 1.82) is 0 Å². The van der Waals surface area contributed by atoms with Crippen molar-refractivity contribution in [2.75, 3.05) is 44.2 Å². The third kappa shape index (κ3) is 7.51. The molecule has 1 saturated heterocycles. The van der Waals surface area contributed by atoms with Crippen LogP contribution in [-0.4, -0.2) is 55.4 Å². The van der Waals surface area contributed by atoms with E-state index in [0.29, 0.717) is 19.1 Å². The molecular formula is C23H33Cl3N2O2. The quantitative estimate of drug-likeness (QED) is 0.599. The van der Waals surface area contributed by atoms with Gasteiger partial charge in [0.1, 0.15) is 18.5 Å². The number of nitrogens with zero attached hydrogens (tertiary/aromatic N) is 2. The van der Waals surface area contributed by atoms with E-state index in [4.69, 9.17) is 16.3 Å². The average molecular weight is 476 g/mol. The molecule has 30 heavy (non-hydrogen) atoms. The van der Waals surface area contributed by atoms with E-state index in [1.807, 2.05) is 24.3 Å². The van der Waals surface area contributed by atoms with E-state index < -0.39 is 6.10 Å². The fourth-order valence-corrected chi connectivity index (χ4v) is 3.97. The Morgan fingerprint density at radius 3 is 2.33 bits per heavy atom. The number of ether oxygens (including phenoxy) is 1. The van der Waals surface area contributed by atoms with Crippen LogP contribution in [0.3, 0.4) is 0 Å². The fraction of sp³-hybridized carbons (Fsp3) is 0.478. The lowest BCUT2D eigenvalue weighted by molar-refractivity contribution is 0.0663. The number of benzene rings is 2. The van der Waals surface area contributed by atoms with Gasteiger partial charge in [-0.25, -0.2) is 0 Å². The Bertz CT molecular complexity index is 781. The van der Waals surface area contributed by atoms with Gasteiger partial charge in [0.05, 0.1) is 0 Å². The summed E-state index contributed by atoms with van der Waals surface area (Å²) < 4.78 is 5.83. The Hall–Kier alpha value is -1.17. The molecule has 4 nitrogen and oxygen atoms in total. The summed E-state index contributed by atoms with van der Waals surface area (Å²) in [6, 6.07) is 14.2. The number of halogens is 3. The lowest BCUT2D eigenvalue weighted by Crippen LogP contribution is -2.49. The lowest BCUT2D eigenvalue weighted by atomic mass is 9.98. The van der Waals surface area contributed by atoms with Gasteiger partial charge in [0.15, 0.2) is 0 Å². The standard InChI is InChI=1S/C23H31ClN2O2.2ClH/c1-17(2)23-8-7-22(13-18(23)3)28-16-21(27)15-25-9-11-26(12-10-25)20-6-4-5-19(24)14-20;;/h4-8,13-14,17,21,27H,9-12,15-16H2,1-3H3;2*1H. The Balaban J connectivity index is 0.00000225. The van der Waals surface area contributed by atoms with Crippen molar-refractivity contribution >= 4 is 42.1 Å². The van der Waals surface area contributed by atoms with Gasteiger partial charge < -0.3 is 14.7 Å². The SMILES string of the molecule is Cc1cc(OCC(O)CN2CCN(c3cccc(Cl)c3)CC2)ccc1C(C)C.Cl.Cl. The first-order valence-corrected chi connectivity index (χ1v) is 10.4. The smallest absolute Gasteiger partial charge is 0.119 e. The number of β-amino-alcohol motifs (C(OH)–C–C–N with tert-alkyl or cyclic N) is 1. The summed E-state index contributed by atoms with van der Waals surface area (Å²) in [6.07, 6.45) is -0.497. The van der Waals surface area contributed by atoms with Crippen LogP contribution in [-0.2, 0) is 0 Å². The molecule has 1 unspecified atom stereocenters. The van der Waals surface area contributed by atoms with E-state index in [2.05, 4.69) is 48.8 Å². The highest BCUT2D eigenvalue weighted by Gasteiger charge is 2.20. The summed E-state index contributed by atoms with van der Waals surface area (Å²) >= 11 is 6.10. The number of aliphatic hydroxyl groups is 1. The van der Waals surface area contributed by atoms with E-state index in [0.717, 1.165) is 42.6 Å². The van der Waals surface area contributed by atoms with Crippen LogP contribution in [0.2, 0.25) is 5.02 Å². The maximum Gasteiger partial charge on any atom is 0.119 e. The maximum absolute atomic E-state index is 10.4. The first kappa shape index (κ1) is 26.9. The number of hydrogen-bond acceptors (Lipinski definition) is 4. The van der Waals surface area contributed by atoms with Crippen molar-refractivity contribution in [3.05, 3.63) is 58.6 Å².